The van der Waals surface area contributed by atoms with Gasteiger partial charge in [-0.2, -0.15) is 0 Å². The highest BCUT2D eigenvalue weighted by molar-refractivity contribution is 8.05. The van der Waals surface area contributed by atoms with Gasteiger partial charge in [-0.1, -0.05) is 5.16 Å². The van der Waals surface area contributed by atoms with E-state index in [0.717, 1.165) is 11.3 Å². The number of carbonyl (C=O) groups excluding carboxylic acids is 2. The highest BCUT2D eigenvalue weighted by atomic mass is 32.2. The first-order valence-electron chi connectivity index (χ1n) is 9.34. The number of carboxylic acid groups (broad SMARTS) is 1. The van der Waals surface area contributed by atoms with E-state index in [1.165, 1.54) is 28.4 Å². The van der Waals surface area contributed by atoms with Gasteiger partial charge >= 0.3 is 5.97 Å². The lowest BCUT2D eigenvalue weighted by Crippen LogP contribution is -2.71. The van der Waals surface area contributed by atoms with Crippen molar-refractivity contribution in [2.75, 3.05) is 24.5 Å². The molecule has 2 amide bonds. The summed E-state index contributed by atoms with van der Waals surface area (Å²) in [5, 5.41) is 17.3. The zero-order valence-electron chi connectivity index (χ0n) is 17.8. The molecule has 1 saturated heterocycles. The Morgan fingerprint density at radius 2 is 2.19 bits per heavy atom. The molecule has 4 N–H and O–H groups in total. The normalized spacial score (nSPS) is 21.2. The molecule has 0 aliphatic carbocycles. The molecular weight excluding hydrogens is 478 g/mol. The average molecular weight is 502 g/mol. The number of oxime groups is 1. The Labute approximate surface area is 196 Å². The lowest BCUT2D eigenvalue weighted by molar-refractivity contribution is -0.150. The number of nitrogens with zero attached hydrogens (tertiary/aromatic N) is 3. The fraction of sp³-hybridized carbons (Fsp3) is 0.500. The van der Waals surface area contributed by atoms with E-state index in [1.54, 1.807) is 11.6 Å². The Kier molecular flexibility index (Phi) is 7.37. The third-order valence-electron chi connectivity index (χ3n) is 4.35. The number of nitrogens with one attached hydrogen (secondary N) is 1. The summed E-state index contributed by atoms with van der Waals surface area (Å²) in [7, 11) is 0. The van der Waals surface area contributed by atoms with Crippen LogP contribution in [0.5, 0.6) is 0 Å². The van der Waals surface area contributed by atoms with Gasteiger partial charge in [0.15, 0.2) is 10.8 Å². The maximum atomic E-state index is 13.0. The number of fused-ring (bicyclic) bond motifs is 1. The van der Waals surface area contributed by atoms with Crippen molar-refractivity contribution >= 4 is 63.5 Å². The summed E-state index contributed by atoms with van der Waals surface area (Å²) in [6, 6.07) is -0.905. The summed E-state index contributed by atoms with van der Waals surface area (Å²) in [5.41, 5.74) is 5.20. The van der Waals surface area contributed by atoms with Crippen LogP contribution in [0.1, 0.15) is 26.5 Å². The first-order valence-corrected chi connectivity index (χ1v) is 12.5. The van der Waals surface area contributed by atoms with Gasteiger partial charge in [0, 0.05) is 16.0 Å². The molecular formula is C18H23N5O6S3. The van der Waals surface area contributed by atoms with Gasteiger partial charge in [0.05, 0.1) is 5.60 Å². The quantitative estimate of drug-likeness (QED) is 0.156. The van der Waals surface area contributed by atoms with Crippen molar-refractivity contribution in [1.29, 1.82) is 0 Å². The summed E-state index contributed by atoms with van der Waals surface area (Å²) < 4.78 is 5.43. The number of carboxylic acids is 1. The minimum Gasteiger partial charge on any atom is -0.477 e. The molecule has 0 bridgehead atoms. The number of aliphatic carboxylic acids is 1. The topological polar surface area (TPSA) is 156 Å². The molecule has 3 heterocycles. The summed E-state index contributed by atoms with van der Waals surface area (Å²) in [6.07, 6.45) is 1.76. The van der Waals surface area contributed by atoms with E-state index < -0.39 is 34.8 Å². The molecule has 3 rings (SSSR count). The molecule has 0 spiro atoms. The van der Waals surface area contributed by atoms with E-state index in [-0.39, 0.29) is 29.0 Å². The maximum Gasteiger partial charge on any atom is 0.353 e. The van der Waals surface area contributed by atoms with E-state index >= 15 is 0 Å². The second kappa shape index (κ2) is 9.68. The SMILES string of the molecule is CSC1=C(C(=O)O)N2C(=O)C(NC(=O)C(=NOCOC(C)(C)C)c3csc(N)n3)[C@@H]2SC1. The number of ether oxygens (including phenoxy) is 1. The molecule has 2 aliphatic rings. The molecule has 11 nitrogen and oxygen atoms in total. The summed E-state index contributed by atoms with van der Waals surface area (Å²) in [4.78, 5) is 48.3. The van der Waals surface area contributed by atoms with Gasteiger partial charge in [0.25, 0.3) is 11.8 Å². The number of β-lactam (4-membered cyclic amide) rings is 1. The van der Waals surface area contributed by atoms with Crippen molar-refractivity contribution in [3.05, 3.63) is 21.7 Å². The molecule has 1 fully saturated rings. The Morgan fingerprint density at radius 1 is 1.47 bits per heavy atom. The third kappa shape index (κ3) is 5.19. The minimum atomic E-state index is -1.18. The minimum absolute atomic E-state index is 0.0411. The number of hydrogen-bond acceptors (Lipinski definition) is 11. The van der Waals surface area contributed by atoms with Gasteiger partial charge in [0.1, 0.15) is 22.8 Å². The molecule has 1 unspecified atom stereocenters. The van der Waals surface area contributed by atoms with Crippen molar-refractivity contribution < 1.29 is 29.1 Å². The van der Waals surface area contributed by atoms with Gasteiger partial charge < -0.3 is 25.7 Å². The maximum absolute atomic E-state index is 13.0. The van der Waals surface area contributed by atoms with E-state index in [4.69, 9.17) is 15.3 Å². The number of rotatable bonds is 8. The van der Waals surface area contributed by atoms with Crippen LogP contribution >= 0.6 is 34.9 Å². The average Bonchev–Trinajstić information content (AvgIpc) is 3.15. The molecule has 1 aromatic heterocycles. The number of nitrogen functional groups attached to an aromatic ring is 1. The number of aromatic nitrogens is 1. The van der Waals surface area contributed by atoms with Gasteiger partial charge in [-0.3, -0.25) is 14.5 Å². The zero-order valence-corrected chi connectivity index (χ0v) is 20.2. The Balaban J connectivity index is 1.75. The van der Waals surface area contributed by atoms with Crippen LogP contribution in [-0.4, -0.2) is 74.3 Å². The van der Waals surface area contributed by atoms with Crippen LogP contribution in [0.15, 0.2) is 21.1 Å². The number of thioether (sulfide) groups is 2. The van der Waals surface area contributed by atoms with E-state index in [9.17, 15) is 19.5 Å². The number of amides is 2. The largest absolute Gasteiger partial charge is 0.477 e. The van der Waals surface area contributed by atoms with E-state index in [1.807, 2.05) is 20.8 Å². The third-order valence-corrected chi connectivity index (χ3v) is 7.32. The Bertz CT molecular complexity index is 986. The van der Waals surface area contributed by atoms with Crippen molar-refractivity contribution in [3.8, 4) is 0 Å². The molecule has 2 aliphatic heterocycles. The fourth-order valence-corrected chi connectivity index (χ4v) is 5.65. The fourth-order valence-electron chi connectivity index (χ4n) is 2.85. The number of anilines is 1. The van der Waals surface area contributed by atoms with Crippen molar-refractivity contribution in [3.63, 3.8) is 0 Å². The Morgan fingerprint density at radius 3 is 2.75 bits per heavy atom. The van der Waals surface area contributed by atoms with Gasteiger partial charge in [0.2, 0.25) is 6.79 Å². The van der Waals surface area contributed by atoms with Crippen molar-refractivity contribution in [2.45, 2.75) is 37.8 Å². The highest BCUT2D eigenvalue weighted by Gasteiger charge is 2.54. The van der Waals surface area contributed by atoms with Crippen LogP contribution in [0.25, 0.3) is 0 Å². The van der Waals surface area contributed by atoms with Crippen LogP contribution in [0.3, 0.4) is 0 Å². The number of hydrogen-bond donors (Lipinski definition) is 3. The van der Waals surface area contributed by atoms with Crippen LogP contribution < -0.4 is 11.1 Å². The number of thiazole rings is 1. The van der Waals surface area contributed by atoms with Gasteiger partial charge in [-0.05, 0) is 27.0 Å². The van der Waals surface area contributed by atoms with Crippen molar-refractivity contribution in [2.24, 2.45) is 5.16 Å². The lowest BCUT2D eigenvalue weighted by atomic mass is 10.0. The second-order valence-corrected chi connectivity index (χ2v) is 10.6. The molecule has 0 aromatic carbocycles. The predicted octanol–water partition coefficient (Wildman–Crippen LogP) is 1.28. The van der Waals surface area contributed by atoms with Gasteiger partial charge in [-0.25, -0.2) is 9.78 Å². The second-order valence-electron chi connectivity index (χ2n) is 7.66. The monoisotopic (exact) mass is 501 g/mol. The molecule has 1 aromatic rings. The van der Waals surface area contributed by atoms with Gasteiger partial charge in [-0.15, -0.1) is 34.9 Å². The van der Waals surface area contributed by atoms with Crippen LogP contribution in [0, 0.1) is 0 Å². The zero-order chi connectivity index (χ0) is 23.6. The summed E-state index contributed by atoms with van der Waals surface area (Å²) in [5.74, 6) is -1.94. The molecule has 14 heteroatoms. The number of nitrogens with two attached hydrogens (primary N) is 1. The smallest absolute Gasteiger partial charge is 0.353 e. The summed E-state index contributed by atoms with van der Waals surface area (Å²) >= 11 is 3.79. The van der Waals surface area contributed by atoms with Crippen molar-refractivity contribution in [1.82, 2.24) is 15.2 Å². The molecule has 0 saturated carbocycles. The molecule has 0 radical (unpaired) electrons. The predicted molar refractivity (Wildman–Crippen MR) is 123 cm³/mol. The lowest BCUT2D eigenvalue weighted by Gasteiger charge is -2.49. The van der Waals surface area contributed by atoms with E-state index in [2.05, 4.69) is 15.5 Å². The first-order chi connectivity index (χ1) is 15.0. The first kappa shape index (κ1) is 24.4. The number of carbonyl (C=O) groups is 3. The van der Waals surface area contributed by atoms with Crippen LogP contribution in [0.4, 0.5) is 5.13 Å². The molecule has 174 valence electrons. The molecule has 32 heavy (non-hydrogen) atoms. The molecule has 2 atom stereocenters. The van der Waals surface area contributed by atoms with Crippen LogP contribution in [0.2, 0.25) is 0 Å². The standard InChI is InChI=1S/C18H23N5O6S3/c1-18(2,3)28-7-29-22-10(8-5-32-17(19)20-8)13(24)21-11-14(25)23-12(16(26)27)9(30-4)6-31-15(11)23/h5,11,15H,6-7H2,1-4H3,(H2,19,20)(H,21,24)(H,26,27)/t11?,15-/m0/s1. The summed E-state index contributed by atoms with van der Waals surface area (Å²) in [6.45, 7) is 5.32. The van der Waals surface area contributed by atoms with Crippen LogP contribution in [-0.2, 0) is 24.0 Å². The van der Waals surface area contributed by atoms with E-state index in [0.29, 0.717) is 10.7 Å². The Hall–Kier alpha value is -2.29. The highest BCUT2D eigenvalue weighted by Crippen LogP contribution is 2.42.